The van der Waals surface area contributed by atoms with Crippen molar-refractivity contribution in [2.75, 3.05) is 6.54 Å². The van der Waals surface area contributed by atoms with Gasteiger partial charge in [-0.1, -0.05) is 27.7 Å². The zero-order valence-electron chi connectivity index (χ0n) is 11.1. The van der Waals surface area contributed by atoms with Crippen LogP contribution in [0.2, 0.25) is 0 Å². The molecule has 0 radical (unpaired) electrons. The fourth-order valence-electron chi connectivity index (χ4n) is 3.43. The van der Waals surface area contributed by atoms with Crippen molar-refractivity contribution in [3.63, 3.8) is 0 Å². The normalized spacial score (nSPS) is 27.6. The molecular formula is C13H28N2. The molecule has 0 aliphatic heterocycles. The highest BCUT2D eigenvalue weighted by Crippen LogP contribution is 2.45. The van der Waals surface area contributed by atoms with E-state index in [4.69, 9.17) is 5.73 Å². The highest BCUT2D eigenvalue weighted by atomic mass is 15.0. The Bertz CT molecular complexity index is 193. The van der Waals surface area contributed by atoms with E-state index in [1.165, 1.54) is 19.3 Å². The standard InChI is InChI=1S/C13H28N2/c1-10(8-14)15-11-6-12(2,3)9-13(4,5)7-11/h10-11,15H,6-9,14H2,1-5H3. The van der Waals surface area contributed by atoms with Crippen molar-refractivity contribution < 1.29 is 0 Å². The van der Waals surface area contributed by atoms with E-state index < -0.39 is 0 Å². The molecule has 0 saturated heterocycles. The third-order valence-corrected chi connectivity index (χ3v) is 3.43. The maximum atomic E-state index is 5.66. The van der Waals surface area contributed by atoms with Gasteiger partial charge < -0.3 is 11.1 Å². The predicted octanol–water partition coefficient (Wildman–Crippen LogP) is 2.53. The number of hydrogen-bond acceptors (Lipinski definition) is 2. The van der Waals surface area contributed by atoms with E-state index in [2.05, 4.69) is 39.9 Å². The van der Waals surface area contributed by atoms with Gasteiger partial charge in [0.1, 0.15) is 0 Å². The Morgan fingerprint density at radius 2 is 1.67 bits per heavy atom. The number of hydrogen-bond donors (Lipinski definition) is 2. The summed E-state index contributed by atoms with van der Waals surface area (Å²) < 4.78 is 0. The smallest absolute Gasteiger partial charge is 0.0164 e. The number of rotatable bonds is 3. The molecule has 0 amide bonds. The molecule has 2 nitrogen and oxygen atoms in total. The van der Waals surface area contributed by atoms with Crippen LogP contribution in [0.15, 0.2) is 0 Å². The van der Waals surface area contributed by atoms with Crippen molar-refractivity contribution in [3.05, 3.63) is 0 Å². The average Bonchev–Trinajstić information content (AvgIpc) is 1.97. The fraction of sp³-hybridized carbons (Fsp3) is 1.00. The summed E-state index contributed by atoms with van der Waals surface area (Å²) in [5.41, 5.74) is 6.59. The summed E-state index contributed by atoms with van der Waals surface area (Å²) in [6, 6.07) is 1.09. The van der Waals surface area contributed by atoms with Crippen LogP contribution in [0.4, 0.5) is 0 Å². The van der Waals surface area contributed by atoms with Crippen molar-refractivity contribution in [2.45, 2.75) is 66.0 Å². The molecule has 1 atom stereocenters. The predicted molar refractivity (Wildman–Crippen MR) is 66.9 cm³/mol. The minimum atomic E-state index is 0.444. The van der Waals surface area contributed by atoms with Crippen LogP contribution in [0.5, 0.6) is 0 Å². The van der Waals surface area contributed by atoms with Gasteiger partial charge in [0.15, 0.2) is 0 Å². The van der Waals surface area contributed by atoms with Crippen molar-refractivity contribution >= 4 is 0 Å². The van der Waals surface area contributed by atoms with E-state index in [0.717, 1.165) is 6.54 Å². The van der Waals surface area contributed by atoms with Gasteiger partial charge in [0.2, 0.25) is 0 Å². The highest BCUT2D eigenvalue weighted by Gasteiger charge is 2.38. The molecule has 3 N–H and O–H groups in total. The second kappa shape index (κ2) is 4.42. The SMILES string of the molecule is CC(CN)NC1CC(C)(C)CC(C)(C)C1. The van der Waals surface area contributed by atoms with Crippen LogP contribution in [-0.2, 0) is 0 Å². The number of nitrogens with two attached hydrogens (primary N) is 1. The summed E-state index contributed by atoms with van der Waals surface area (Å²) in [6.07, 6.45) is 3.89. The Kier molecular flexibility index (Phi) is 3.83. The quantitative estimate of drug-likeness (QED) is 0.754. The lowest BCUT2D eigenvalue weighted by atomic mass is 9.63. The van der Waals surface area contributed by atoms with Crippen LogP contribution < -0.4 is 11.1 Å². The molecule has 1 saturated carbocycles. The largest absolute Gasteiger partial charge is 0.329 e. The molecule has 1 unspecified atom stereocenters. The maximum absolute atomic E-state index is 5.66. The van der Waals surface area contributed by atoms with E-state index in [-0.39, 0.29) is 0 Å². The summed E-state index contributed by atoms with van der Waals surface area (Å²) in [4.78, 5) is 0. The summed E-state index contributed by atoms with van der Waals surface area (Å²) in [6.45, 7) is 12.4. The Balaban J connectivity index is 2.59. The van der Waals surface area contributed by atoms with E-state index in [0.29, 0.717) is 22.9 Å². The van der Waals surface area contributed by atoms with Crippen molar-refractivity contribution in [3.8, 4) is 0 Å². The van der Waals surface area contributed by atoms with Gasteiger partial charge in [-0.25, -0.2) is 0 Å². The first-order valence-electron chi connectivity index (χ1n) is 6.20. The van der Waals surface area contributed by atoms with Crippen LogP contribution in [0.25, 0.3) is 0 Å². The Morgan fingerprint density at radius 3 is 2.07 bits per heavy atom. The first-order valence-corrected chi connectivity index (χ1v) is 6.20. The van der Waals surface area contributed by atoms with Crippen molar-refractivity contribution in [1.82, 2.24) is 5.32 Å². The van der Waals surface area contributed by atoms with Gasteiger partial charge >= 0.3 is 0 Å². The van der Waals surface area contributed by atoms with Gasteiger partial charge in [-0.05, 0) is 37.0 Å². The van der Waals surface area contributed by atoms with Crippen LogP contribution in [0.1, 0.15) is 53.9 Å². The molecule has 2 heteroatoms. The zero-order chi connectivity index (χ0) is 11.7. The summed E-state index contributed by atoms with van der Waals surface area (Å²) in [5, 5.41) is 3.65. The van der Waals surface area contributed by atoms with E-state index in [1.807, 2.05) is 0 Å². The molecule has 0 aromatic rings. The minimum absolute atomic E-state index is 0.444. The Hall–Kier alpha value is -0.0800. The molecule has 90 valence electrons. The summed E-state index contributed by atoms with van der Waals surface area (Å²) in [7, 11) is 0. The lowest BCUT2D eigenvalue weighted by molar-refractivity contribution is 0.0815. The molecule has 15 heavy (non-hydrogen) atoms. The minimum Gasteiger partial charge on any atom is -0.329 e. The second-order valence-electron chi connectivity index (χ2n) is 6.91. The van der Waals surface area contributed by atoms with Gasteiger partial charge in [-0.2, -0.15) is 0 Å². The van der Waals surface area contributed by atoms with E-state index in [9.17, 15) is 0 Å². The molecule has 1 aliphatic rings. The fourth-order valence-corrected chi connectivity index (χ4v) is 3.43. The Morgan fingerprint density at radius 1 is 1.20 bits per heavy atom. The zero-order valence-corrected chi connectivity index (χ0v) is 11.1. The molecule has 1 rings (SSSR count). The van der Waals surface area contributed by atoms with Crippen molar-refractivity contribution in [2.24, 2.45) is 16.6 Å². The summed E-state index contributed by atoms with van der Waals surface area (Å²) in [5.74, 6) is 0. The molecule has 0 spiro atoms. The first-order chi connectivity index (χ1) is 6.74. The van der Waals surface area contributed by atoms with E-state index in [1.54, 1.807) is 0 Å². The van der Waals surface area contributed by atoms with Crippen molar-refractivity contribution in [1.29, 1.82) is 0 Å². The molecule has 1 fully saturated rings. The van der Waals surface area contributed by atoms with E-state index >= 15 is 0 Å². The molecular weight excluding hydrogens is 184 g/mol. The monoisotopic (exact) mass is 212 g/mol. The molecule has 1 aliphatic carbocycles. The molecule has 0 bridgehead atoms. The van der Waals surface area contributed by atoms with Crippen LogP contribution >= 0.6 is 0 Å². The lowest BCUT2D eigenvalue weighted by Gasteiger charge is -2.46. The second-order valence-corrected chi connectivity index (χ2v) is 6.91. The molecule has 0 aromatic heterocycles. The van der Waals surface area contributed by atoms with Crippen LogP contribution in [0, 0.1) is 10.8 Å². The highest BCUT2D eigenvalue weighted by molar-refractivity contribution is 4.92. The van der Waals surface area contributed by atoms with Crippen LogP contribution in [-0.4, -0.2) is 18.6 Å². The first kappa shape index (κ1) is 13.0. The van der Waals surface area contributed by atoms with Gasteiger partial charge in [0.25, 0.3) is 0 Å². The third-order valence-electron chi connectivity index (χ3n) is 3.43. The average molecular weight is 212 g/mol. The van der Waals surface area contributed by atoms with Gasteiger partial charge in [0, 0.05) is 18.6 Å². The maximum Gasteiger partial charge on any atom is 0.0164 e. The Labute approximate surface area is 95.0 Å². The van der Waals surface area contributed by atoms with Gasteiger partial charge in [0.05, 0.1) is 0 Å². The third kappa shape index (κ3) is 4.12. The molecule has 0 aromatic carbocycles. The topological polar surface area (TPSA) is 38.0 Å². The lowest BCUT2D eigenvalue weighted by Crippen LogP contribution is -2.48. The molecule has 0 heterocycles. The van der Waals surface area contributed by atoms with Gasteiger partial charge in [-0.3, -0.25) is 0 Å². The van der Waals surface area contributed by atoms with Gasteiger partial charge in [-0.15, -0.1) is 0 Å². The number of nitrogens with one attached hydrogen (secondary N) is 1. The summed E-state index contributed by atoms with van der Waals surface area (Å²) >= 11 is 0. The van der Waals surface area contributed by atoms with Crippen LogP contribution in [0.3, 0.4) is 0 Å².